The van der Waals surface area contributed by atoms with E-state index in [0.29, 0.717) is 0 Å². The molecule has 0 aromatic rings. The minimum Gasteiger partial charge on any atom is -0.411 e. The van der Waals surface area contributed by atoms with Crippen molar-refractivity contribution >= 4 is 5.71 Å². The van der Waals surface area contributed by atoms with Gasteiger partial charge in [0.2, 0.25) is 0 Å². The lowest BCUT2D eigenvalue weighted by molar-refractivity contribution is 0.309. The topological polar surface area (TPSA) is 32.6 Å². The lowest BCUT2D eigenvalue weighted by Crippen LogP contribution is -2.14. The van der Waals surface area contributed by atoms with Gasteiger partial charge in [0.1, 0.15) is 6.67 Å². The van der Waals surface area contributed by atoms with Crippen molar-refractivity contribution in [1.82, 2.24) is 0 Å². The van der Waals surface area contributed by atoms with Crippen molar-refractivity contribution < 1.29 is 9.60 Å². The molecule has 0 aliphatic rings. The Bertz CT molecular complexity index is 110. The molecule has 0 unspecified atom stereocenters. The van der Waals surface area contributed by atoms with Gasteiger partial charge in [0, 0.05) is 5.92 Å². The number of hydrogen-bond acceptors (Lipinski definition) is 2. The molecule has 0 rings (SSSR count). The Balaban J connectivity index is 3.97. The molecule has 1 N–H and O–H groups in total. The molecule has 2 nitrogen and oxygen atoms in total. The molecular formula is C7H14FNO. The maximum atomic E-state index is 12.0. The van der Waals surface area contributed by atoms with Crippen LogP contribution < -0.4 is 0 Å². The third-order valence-electron chi connectivity index (χ3n) is 1.72. The fraction of sp³-hybridized carbons (Fsp3) is 0.857. The van der Waals surface area contributed by atoms with Gasteiger partial charge < -0.3 is 5.21 Å². The van der Waals surface area contributed by atoms with Crippen LogP contribution in [0.2, 0.25) is 0 Å². The molecule has 0 aromatic carbocycles. The molecule has 0 fully saturated rings. The number of rotatable bonds is 4. The van der Waals surface area contributed by atoms with Crippen LogP contribution in [-0.4, -0.2) is 17.6 Å². The normalized spacial score (nSPS) is 12.6. The van der Waals surface area contributed by atoms with Gasteiger partial charge in [-0.05, 0) is 12.8 Å². The lowest BCUT2D eigenvalue weighted by atomic mass is 9.98. The zero-order valence-corrected chi connectivity index (χ0v) is 6.47. The molecule has 0 aromatic heterocycles. The number of halogens is 1. The van der Waals surface area contributed by atoms with E-state index in [4.69, 9.17) is 5.21 Å². The molecule has 0 amide bonds. The Morgan fingerprint density at radius 2 is 2.00 bits per heavy atom. The highest BCUT2D eigenvalue weighted by Gasteiger charge is 2.11. The summed E-state index contributed by atoms with van der Waals surface area (Å²) in [6, 6.07) is 0. The zero-order valence-electron chi connectivity index (χ0n) is 6.47. The molecule has 0 heterocycles. The second kappa shape index (κ2) is 5.21. The van der Waals surface area contributed by atoms with Gasteiger partial charge in [-0.3, -0.25) is 0 Å². The van der Waals surface area contributed by atoms with Crippen molar-refractivity contribution in [3.63, 3.8) is 0 Å². The molecule has 0 saturated heterocycles. The first-order valence-corrected chi connectivity index (χ1v) is 3.56. The van der Waals surface area contributed by atoms with Crippen LogP contribution in [0.4, 0.5) is 4.39 Å². The summed E-state index contributed by atoms with van der Waals surface area (Å²) in [5, 5.41) is 11.2. The minimum absolute atomic E-state index is 0.106. The van der Waals surface area contributed by atoms with E-state index in [2.05, 4.69) is 5.16 Å². The third kappa shape index (κ3) is 2.33. The molecule has 0 saturated carbocycles. The molecule has 0 spiro atoms. The second-order valence-corrected chi connectivity index (χ2v) is 2.24. The van der Waals surface area contributed by atoms with Crippen molar-refractivity contribution in [2.24, 2.45) is 11.1 Å². The second-order valence-electron chi connectivity index (χ2n) is 2.24. The Labute approximate surface area is 60.7 Å². The Kier molecular flexibility index (Phi) is 4.89. The van der Waals surface area contributed by atoms with E-state index < -0.39 is 6.67 Å². The molecule has 3 heteroatoms. The van der Waals surface area contributed by atoms with E-state index in [-0.39, 0.29) is 11.6 Å². The predicted octanol–water partition coefficient (Wildman–Crippen LogP) is 2.22. The highest BCUT2D eigenvalue weighted by molar-refractivity contribution is 5.87. The highest BCUT2D eigenvalue weighted by Crippen LogP contribution is 2.09. The van der Waals surface area contributed by atoms with E-state index in [1.165, 1.54) is 0 Å². The van der Waals surface area contributed by atoms with Crippen LogP contribution >= 0.6 is 0 Å². The number of alkyl halides is 1. The molecule has 60 valence electrons. The number of oxime groups is 1. The van der Waals surface area contributed by atoms with Crippen LogP contribution in [0.15, 0.2) is 5.16 Å². The summed E-state index contributed by atoms with van der Waals surface area (Å²) in [5.41, 5.74) is 0.269. The van der Waals surface area contributed by atoms with Crippen molar-refractivity contribution in [2.75, 3.05) is 6.67 Å². The molecule has 0 aliphatic carbocycles. The van der Waals surface area contributed by atoms with E-state index in [1.54, 1.807) is 0 Å². The lowest BCUT2D eigenvalue weighted by Gasteiger charge is -2.09. The van der Waals surface area contributed by atoms with Crippen LogP contribution in [0.5, 0.6) is 0 Å². The smallest absolute Gasteiger partial charge is 0.131 e. The van der Waals surface area contributed by atoms with Crippen molar-refractivity contribution in [3.8, 4) is 0 Å². The van der Waals surface area contributed by atoms with Crippen molar-refractivity contribution in [3.05, 3.63) is 0 Å². The summed E-state index contributed by atoms with van der Waals surface area (Å²) < 4.78 is 12.0. The third-order valence-corrected chi connectivity index (χ3v) is 1.72. The van der Waals surface area contributed by atoms with Gasteiger partial charge in [0.25, 0.3) is 0 Å². The zero-order chi connectivity index (χ0) is 7.98. The van der Waals surface area contributed by atoms with Crippen molar-refractivity contribution in [2.45, 2.75) is 26.7 Å². The first kappa shape index (κ1) is 9.40. The van der Waals surface area contributed by atoms with Crippen LogP contribution in [0.3, 0.4) is 0 Å². The van der Waals surface area contributed by atoms with Gasteiger partial charge in [-0.2, -0.15) is 0 Å². The van der Waals surface area contributed by atoms with Gasteiger partial charge in [0.15, 0.2) is 0 Å². The monoisotopic (exact) mass is 147 g/mol. The summed E-state index contributed by atoms with van der Waals surface area (Å²) in [6.07, 6.45) is 1.67. The fourth-order valence-electron chi connectivity index (χ4n) is 0.977. The summed E-state index contributed by atoms with van der Waals surface area (Å²) in [7, 11) is 0. The van der Waals surface area contributed by atoms with E-state index in [9.17, 15) is 4.39 Å². The first-order valence-electron chi connectivity index (χ1n) is 3.56. The number of nitrogens with zero attached hydrogens (tertiary/aromatic N) is 1. The van der Waals surface area contributed by atoms with Gasteiger partial charge in [0.05, 0.1) is 5.71 Å². The van der Waals surface area contributed by atoms with Crippen LogP contribution in [-0.2, 0) is 0 Å². The SMILES string of the molecule is CCC(CC)/C(CF)=N\O. The number of hydrogen-bond donors (Lipinski definition) is 1. The van der Waals surface area contributed by atoms with Gasteiger partial charge in [-0.15, -0.1) is 0 Å². The van der Waals surface area contributed by atoms with Crippen LogP contribution in [0.25, 0.3) is 0 Å². The largest absolute Gasteiger partial charge is 0.411 e. The van der Waals surface area contributed by atoms with E-state index in [1.807, 2.05) is 13.8 Å². The van der Waals surface area contributed by atoms with Gasteiger partial charge in [-0.1, -0.05) is 19.0 Å². The molecule has 0 atom stereocenters. The first-order chi connectivity index (χ1) is 4.79. The Morgan fingerprint density at radius 3 is 2.10 bits per heavy atom. The van der Waals surface area contributed by atoms with Crippen LogP contribution in [0, 0.1) is 5.92 Å². The average Bonchev–Trinajstić information content (AvgIpc) is 2.00. The van der Waals surface area contributed by atoms with Gasteiger partial charge in [-0.25, -0.2) is 4.39 Å². The van der Waals surface area contributed by atoms with Gasteiger partial charge >= 0.3 is 0 Å². The summed E-state index contributed by atoms with van der Waals surface area (Å²) >= 11 is 0. The standard InChI is InChI=1S/C7H14FNO/c1-3-6(4-2)7(5-8)9-10/h6,10H,3-5H2,1-2H3/b9-7-. The van der Waals surface area contributed by atoms with E-state index >= 15 is 0 Å². The van der Waals surface area contributed by atoms with E-state index in [0.717, 1.165) is 12.8 Å². The minimum atomic E-state index is -0.636. The fourth-order valence-corrected chi connectivity index (χ4v) is 0.977. The maximum Gasteiger partial charge on any atom is 0.131 e. The molecular weight excluding hydrogens is 133 g/mol. The molecule has 0 aliphatic heterocycles. The maximum absolute atomic E-state index is 12.0. The molecule has 0 radical (unpaired) electrons. The highest BCUT2D eigenvalue weighted by atomic mass is 19.1. The Hall–Kier alpha value is -0.600. The average molecular weight is 147 g/mol. The quantitative estimate of drug-likeness (QED) is 0.369. The van der Waals surface area contributed by atoms with Crippen molar-refractivity contribution in [1.29, 1.82) is 0 Å². The Morgan fingerprint density at radius 1 is 1.50 bits per heavy atom. The summed E-state index contributed by atoms with van der Waals surface area (Å²) in [5.74, 6) is 0.106. The summed E-state index contributed by atoms with van der Waals surface area (Å²) in [6.45, 7) is 3.27. The molecule has 10 heavy (non-hydrogen) atoms. The van der Waals surface area contributed by atoms with Crippen LogP contribution in [0.1, 0.15) is 26.7 Å². The summed E-state index contributed by atoms with van der Waals surface area (Å²) in [4.78, 5) is 0. The molecule has 0 bridgehead atoms. The predicted molar refractivity (Wildman–Crippen MR) is 39.3 cm³/mol.